The molecular formula is C13H8Cl2F3NS. The van der Waals surface area contributed by atoms with Crippen LogP contribution in [0.15, 0.2) is 41.6 Å². The van der Waals surface area contributed by atoms with Gasteiger partial charge in [-0.05, 0) is 29.8 Å². The van der Waals surface area contributed by atoms with E-state index >= 15 is 0 Å². The highest BCUT2D eigenvalue weighted by Gasteiger charge is 2.30. The highest BCUT2D eigenvalue weighted by molar-refractivity contribution is 7.98. The highest BCUT2D eigenvalue weighted by Crippen LogP contribution is 2.31. The van der Waals surface area contributed by atoms with Gasteiger partial charge in [0.15, 0.2) is 0 Å². The van der Waals surface area contributed by atoms with Crippen LogP contribution in [0.2, 0.25) is 10.0 Å². The molecule has 0 fully saturated rings. The van der Waals surface area contributed by atoms with Crippen molar-refractivity contribution in [1.29, 1.82) is 0 Å². The number of benzene rings is 1. The van der Waals surface area contributed by atoms with Gasteiger partial charge >= 0.3 is 6.18 Å². The normalized spacial score (nSPS) is 11.7. The minimum atomic E-state index is -4.36. The second-order valence-corrected chi connectivity index (χ2v) is 5.73. The Morgan fingerprint density at radius 1 is 1.05 bits per heavy atom. The van der Waals surface area contributed by atoms with Gasteiger partial charge in [-0.15, -0.1) is 11.8 Å². The third kappa shape index (κ3) is 4.04. The van der Waals surface area contributed by atoms with Crippen molar-refractivity contribution in [3.63, 3.8) is 0 Å². The van der Waals surface area contributed by atoms with Crippen molar-refractivity contribution < 1.29 is 13.2 Å². The maximum absolute atomic E-state index is 12.4. The Labute approximate surface area is 128 Å². The standard InChI is InChI=1S/C13H8Cl2F3NS/c14-10-3-1-8(5-11(10)15)7-20-12-4-2-9(6-19-12)13(16,17)18/h1-6H,7H2. The molecule has 2 rings (SSSR count). The summed E-state index contributed by atoms with van der Waals surface area (Å²) in [6.07, 6.45) is -3.53. The molecule has 1 aromatic carbocycles. The molecular weight excluding hydrogens is 330 g/mol. The van der Waals surface area contributed by atoms with Gasteiger partial charge in [0, 0.05) is 11.9 Å². The number of alkyl halides is 3. The molecule has 0 aliphatic carbocycles. The van der Waals surface area contributed by atoms with Crippen molar-refractivity contribution in [1.82, 2.24) is 4.98 Å². The van der Waals surface area contributed by atoms with E-state index in [2.05, 4.69) is 4.98 Å². The first-order valence-electron chi connectivity index (χ1n) is 5.46. The monoisotopic (exact) mass is 337 g/mol. The van der Waals surface area contributed by atoms with Gasteiger partial charge in [-0.3, -0.25) is 0 Å². The first-order valence-corrected chi connectivity index (χ1v) is 7.20. The molecule has 0 aliphatic heterocycles. The Morgan fingerprint density at radius 3 is 2.35 bits per heavy atom. The van der Waals surface area contributed by atoms with Crippen LogP contribution >= 0.6 is 35.0 Å². The molecule has 0 N–H and O–H groups in total. The van der Waals surface area contributed by atoms with Gasteiger partial charge < -0.3 is 0 Å². The minimum Gasteiger partial charge on any atom is -0.249 e. The van der Waals surface area contributed by atoms with E-state index < -0.39 is 11.7 Å². The number of halogens is 5. The Kier molecular flexibility index (Phi) is 4.83. The molecule has 0 amide bonds. The van der Waals surface area contributed by atoms with E-state index in [1.165, 1.54) is 17.8 Å². The van der Waals surface area contributed by atoms with Crippen LogP contribution in [0.4, 0.5) is 13.2 Å². The van der Waals surface area contributed by atoms with Crippen LogP contribution in [0.3, 0.4) is 0 Å². The lowest BCUT2D eigenvalue weighted by Gasteiger charge is -2.07. The van der Waals surface area contributed by atoms with Gasteiger partial charge in [0.05, 0.1) is 20.6 Å². The molecule has 0 atom stereocenters. The molecule has 7 heteroatoms. The Bertz CT molecular complexity index is 600. The Hall–Kier alpha value is -0.910. The van der Waals surface area contributed by atoms with Gasteiger partial charge in [0.25, 0.3) is 0 Å². The molecule has 0 saturated heterocycles. The van der Waals surface area contributed by atoms with Gasteiger partial charge in [-0.2, -0.15) is 13.2 Å². The molecule has 0 bridgehead atoms. The first-order chi connectivity index (χ1) is 9.36. The summed E-state index contributed by atoms with van der Waals surface area (Å²) in [4.78, 5) is 3.78. The van der Waals surface area contributed by atoms with Crippen LogP contribution in [0.1, 0.15) is 11.1 Å². The number of aromatic nitrogens is 1. The number of hydrogen-bond donors (Lipinski definition) is 0. The summed E-state index contributed by atoms with van der Waals surface area (Å²) in [5.74, 6) is 0.551. The summed E-state index contributed by atoms with van der Waals surface area (Å²) in [6, 6.07) is 7.58. The van der Waals surface area contributed by atoms with E-state index in [0.29, 0.717) is 20.8 Å². The summed E-state index contributed by atoms with van der Waals surface area (Å²) in [6.45, 7) is 0. The van der Waals surface area contributed by atoms with Gasteiger partial charge in [-0.25, -0.2) is 4.98 Å². The molecule has 0 saturated carbocycles. The summed E-state index contributed by atoms with van der Waals surface area (Å²) in [5, 5.41) is 1.43. The Morgan fingerprint density at radius 2 is 1.80 bits per heavy atom. The summed E-state index contributed by atoms with van der Waals surface area (Å²) in [5.41, 5.74) is 0.169. The molecule has 0 unspecified atom stereocenters. The maximum Gasteiger partial charge on any atom is 0.417 e. The van der Waals surface area contributed by atoms with E-state index in [0.717, 1.165) is 17.8 Å². The minimum absolute atomic E-state index is 0.449. The third-order valence-electron chi connectivity index (χ3n) is 2.43. The van der Waals surface area contributed by atoms with Crippen LogP contribution < -0.4 is 0 Å². The van der Waals surface area contributed by atoms with Crippen LogP contribution in [0.25, 0.3) is 0 Å². The van der Waals surface area contributed by atoms with Crippen molar-refractivity contribution in [2.75, 3.05) is 0 Å². The van der Waals surface area contributed by atoms with Crippen molar-refractivity contribution in [2.24, 2.45) is 0 Å². The maximum atomic E-state index is 12.4. The van der Waals surface area contributed by atoms with Gasteiger partial charge in [-0.1, -0.05) is 29.3 Å². The van der Waals surface area contributed by atoms with Crippen molar-refractivity contribution >= 4 is 35.0 Å². The third-order valence-corrected chi connectivity index (χ3v) is 4.19. The molecule has 0 radical (unpaired) electrons. The lowest BCUT2D eigenvalue weighted by molar-refractivity contribution is -0.137. The van der Waals surface area contributed by atoms with Crippen LogP contribution in [-0.2, 0) is 11.9 Å². The summed E-state index contributed by atoms with van der Waals surface area (Å²) in [7, 11) is 0. The molecule has 1 nitrogen and oxygen atoms in total. The van der Waals surface area contributed by atoms with Gasteiger partial charge in [0.1, 0.15) is 0 Å². The highest BCUT2D eigenvalue weighted by atomic mass is 35.5. The van der Waals surface area contributed by atoms with Crippen molar-refractivity contribution in [3.8, 4) is 0 Å². The van der Waals surface area contributed by atoms with Crippen molar-refractivity contribution in [3.05, 3.63) is 57.7 Å². The van der Waals surface area contributed by atoms with E-state index in [-0.39, 0.29) is 0 Å². The van der Waals surface area contributed by atoms with Crippen LogP contribution in [-0.4, -0.2) is 4.98 Å². The fourth-order valence-electron chi connectivity index (χ4n) is 1.42. The number of thioether (sulfide) groups is 1. The second kappa shape index (κ2) is 6.24. The molecule has 2 aromatic rings. The Balaban J connectivity index is 2.02. The predicted octanol–water partition coefficient (Wildman–Crippen LogP) is 5.70. The molecule has 0 spiro atoms. The number of hydrogen-bond acceptors (Lipinski definition) is 2. The summed E-state index contributed by atoms with van der Waals surface area (Å²) >= 11 is 13.0. The smallest absolute Gasteiger partial charge is 0.249 e. The fraction of sp³-hybridized carbons (Fsp3) is 0.154. The zero-order valence-electron chi connectivity index (χ0n) is 9.92. The predicted molar refractivity (Wildman–Crippen MR) is 75.3 cm³/mol. The first kappa shape index (κ1) is 15.5. The molecule has 1 aromatic heterocycles. The van der Waals surface area contributed by atoms with E-state index in [4.69, 9.17) is 23.2 Å². The zero-order valence-corrected chi connectivity index (χ0v) is 12.2. The fourth-order valence-corrected chi connectivity index (χ4v) is 2.53. The number of pyridine rings is 1. The average molecular weight is 338 g/mol. The average Bonchev–Trinajstić information content (AvgIpc) is 2.40. The van der Waals surface area contributed by atoms with Gasteiger partial charge in [0.2, 0.25) is 0 Å². The van der Waals surface area contributed by atoms with Crippen LogP contribution in [0, 0.1) is 0 Å². The van der Waals surface area contributed by atoms with E-state index in [1.807, 2.05) is 6.07 Å². The van der Waals surface area contributed by atoms with E-state index in [9.17, 15) is 13.2 Å². The molecule has 106 valence electrons. The quantitative estimate of drug-likeness (QED) is 0.666. The second-order valence-electron chi connectivity index (χ2n) is 3.92. The zero-order chi connectivity index (χ0) is 14.8. The van der Waals surface area contributed by atoms with Crippen LogP contribution in [0.5, 0.6) is 0 Å². The molecule has 20 heavy (non-hydrogen) atoms. The SMILES string of the molecule is FC(F)(F)c1ccc(SCc2ccc(Cl)c(Cl)c2)nc1. The van der Waals surface area contributed by atoms with E-state index in [1.54, 1.807) is 12.1 Å². The largest absolute Gasteiger partial charge is 0.417 e. The van der Waals surface area contributed by atoms with Crippen molar-refractivity contribution in [2.45, 2.75) is 17.0 Å². The molecule has 1 heterocycles. The number of nitrogens with zero attached hydrogens (tertiary/aromatic N) is 1. The molecule has 0 aliphatic rings. The topological polar surface area (TPSA) is 12.9 Å². The summed E-state index contributed by atoms with van der Waals surface area (Å²) < 4.78 is 37.1. The number of rotatable bonds is 3. The lowest BCUT2D eigenvalue weighted by atomic mass is 10.2. The lowest BCUT2D eigenvalue weighted by Crippen LogP contribution is -2.05.